The van der Waals surface area contributed by atoms with Gasteiger partial charge in [-0.25, -0.2) is 4.98 Å². The Balaban J connectivity index is 1.99. The molecule has 0 bridgehead atoms. The van der Waals surface area contributed by atoms with Crippen LogP contribution in [0.15, 0.2) is 42.6 Å². The van der Waals surface area contributed by atoms with Crippen molar-refractivity contribution >= 4 is 10.8 Å². The number of fused-ring (bicyclic) bond motifs is 1. The highest BCUT2D eigenvalue weighted by Gasteiger charge is 2.12. The fourth-order valence-electron chi connectivity index (χ4n) is 2.47. The minimum absolute atomic E-state index is 0.279. The summed E-state index contributed by atoms with van der Waals surface area (Å²) >= 11 is 0. The molecule has 0 aliphatic carbocycles. The minimum Gasteiger partial charge on any atom is -0.341 e. The summed E-state index contributed by atoms with van der Waals surface area (Å²) in [6, 6.07) is 13.4. The molecule has 0 spiro atoms. The van der Waals surface area contributed by atoms with Crippen LogP contribution in [-0.2, 0) is 0 Å². The number of H-pyrrole nitrogens is 1. The van der Waals surface area contributed by atoms with E-state index in [0.29, 0.717) is 0 Å². The lowest BCUT2D eigenvalue weighted by atomic mass is 10.0. The van der Waals surface area contributed by atoms with Crippen LogP contribution >= 0.6 is 0 Å². The Morgan fingerprint density at radius 1 is 1.05 bits per heavy atom. The van der Waals surface area contributed by atoms with Gasteiger partial charge in [0.05, 0.1) is 17.9 Å². The van der Waals surface area contributed by atoms with E-state index in [0.717, 1.165) is 11.5 Å². The van der Waals surface area contributed by atoms with Crippen LogP contribution in [0.4, 0.5) is 0 Å². The molecule has 2 aromatic carbocycles. The molecule has 0 aliphatic rings. The van der Waals surface area contributed by atoms with E-state index in [9.17, 15) is 0 Å². The van der Waals surface area contributed by atoms with Crippen molar-refractivity contribution in [2.45, 2.75) is 19.9 Å². The molecule has 3 aromatic rings. The average Bonchev–Trinajstić information content (AvgIpc) is 2.95. The maximum absolute atomic E-state index is 4.51. The van der Waals surface area contributed by atoms with E-state index in [1.165, 1.54) is 21.9 Å². The Labute approximate surface area is 125 Å². The zero-order chi connectivity index (χ0) is 15.0. The first-order valence-corrected chi connectivity index (χ1v) is 7.27. The van der Waals surface area contributed by atoms with Crippen molar-refractivity contribution in [3.05, 3.63) is 54.0 Å². The van der Waals surface area contributed by atoms with E-state index >= 15 is 0 Å². The number of hydrogen-bond acceptors (Lipinski definition) is 2. The minimum atomic E-state index is 0.279. The van der Waals surface area contributed by atoms with Gasteiger partial charge in [0, 0.05) is 5.56 Å². The monoisotopic (exact) mass is 279 g/mol. The van der Waals surface area contributed by atoms with Gasteiger partial charge in [0.15, 0.2) is 0 Å². The summed E-state index contributed by atoms with van der Waals surface area (Å²) in [6.45, 7) is 4.27. The summed E-state index contributed by atoms with van der Waals surface area (Å²) in [4.78, 5) is 10.1. The quantitative estimate of drug-likeness (QED) is 0.780. The third-order valence-corrected chi connectivity index (χ3v) is 4.07. The maximum Gasteiger partial charge on any atom is 0.123 e. The smallest absolute Gasteiger partial charge is 0.123 e. The van der Waals surface area contributed by atoms with Crippen LogP contribution in [0.5, 0.6) is 0 Å². The van der Waals surface area contributed by atoms with Gasteiger partial charge in [0.25, 0.3) is 0 Å². The summed E-state index contributed by atoms with van der Waals surface area (Å²) in [5.41, 5.74) is 3.54. The number of aromatic amines is 1. The number of rotatable bonds is 3. The van der Waals surface area contributed by atoms with Crippen molar-refractivity contribution in [1.29, 1.82) is 0 Å². The Morgan fingerprint density at radius 3 is 2.52 bits per heavy atom. The molecule has 1 N–H and O–H groups in total. The molecule has 0 radical (unpaired) electrons. The zero-order valence-corrected chi connectivity index (χ0v) is 13.0. The van der Waals surface area contributed by atoms with E-state index in [2.05, 4.69) is 79.2 Å². The number of aromatic nitrogens is 2. The Hall–Kier alpha value is -2.13. The van der Waals surface area contributed by atoms with Crippen molar-refractivity contribution < 1.29 is 0 Å². The summed E-state index contributed by atoms with van der Waals surface area (Å²) in [6.07, 6.45) is 1.92. The third-order valence-electron chi connectivity index (χ3n) is 4.07. The number of aryl methyl sites for hydroxylation is 1. The fourth-order valence-corrected chi connectivity index (χ4v) is 2.47. The predicted octanol–water partition coefficient (Wildman–Crippen LogP) is 4.16. The van der Waals surface area contributed by atoms with Gasteiger partial charge in [0.1, 0.15) is 5.82 Å². The van der Waals surface area contributed by atoms with Crippen molar-refractivity contribution in [3.63, 3.8) is 0 Å². The summed E-state index contributed by atoms with van der Waals surface area (Å²) in [5, 5.41) is 2.54. The van der Waals surface area contributed by atoms with Gasteiger partial charge in [-0.1, -0.05) is 35.9 Å². The molecule has 0 saturated heterocycles. The maximum atomic E-state index is 4.51. The molecule has 0 saturated carbocycles. The fraction of sp³-hybridized carbons (Fsp3) is 0.278. The van der Waals surface area contributed by atoms with Gasteiger partial charge < -0.3 is 4.98 Å². The molecular formula is C18H21N3. The molecule has 1 unspecified atom stereocenters. The van der Waals surface area contributed by atoms with Gasteiger partial charge in [-0.2, -0.15) is 0 Å². The van der Waals surface area contributed by atoms with Gasteiger partial charge in [-0.15, -0.1) is 0 Å². The highest BCUT2D eigenvalue weighted by molar-refractivity contribution is 5.87. The SMILES string of the molecule is Cc1ccc2cc(-c3cnc(C(C)N(C)C)[nH]3)ccc2c1. The van der Waals surface area contributed by atoms with Crippen LogP contribution in [0.1, 0.15) is 24.4 Å². The van der Waals surface area contributed by atoms with Crippen LogP contribution in [0, 0.1) is 6.92 Å². The van der Waals surface area contributed by atoms with E-state index in [1.54, 1.807) is 0 Å². The second-order valence-corrected chi connectivity index (χ2v) is 5.89. The van der Waals surface area contributed by atoms with Crippen LogP contribution in [0.2, 0.25) is 0 Å². The first kappa shape index (κ1) is 13.8. The first-order chi connectivity index (χ1) is 10.0. The Morgan fingerprint density at radius 2 is 1.76 bits per heavy atom. The summed E-state index contributed by atoms with van der Waals surface area (Å²) in [7, 11) is 4.12. The first-order valence-electron chi connectivity index (χ1n) is 7.27. The van der Waals surface area contributed by atoms with E-state index in [-0.39, 0.29) is 6.04 Å². The molecule has 1 atom stereocenters. The van der Waals surface area contributed by atoms with Crippen molar-refractivity contribution in [1.82, 2.24) is 14.9 Å². The van der Waals surface area contributed by atoms with Crippen LogP contribution in [0.25, 0.3) is 22.0 Å². The van der Waals surface area contributed by atoms with E-state index in [1.807, 2.05) is 6.20 Å². The average molecular weight is 279 g/mol. The molecule has 0 aliphatic heterocycles. The summed E-state index contributed by atoms with van der Waals surface area (Å²) < 4.78 is 0. The van der Waals surface area contributed by atoms with Crippen molar-refractivity contribution in [3.8, 4) is 11.3 Å². The van der Waals surface area contributed by atoms with Gasteiger partial charge in [0.2, 0.25) is 0 Å². The number of nitrogens with one attached hydrogen (secondary N) is 1. The highest BCUT2D eigenvalue weighted by Crippen LogP contribution is 2.25. The lowest BCUT2D eigenvalue weighted by molar-refractivity contribution is 0.310. The van der Waals surface area contributed by atoms with Crippen molar-refractivity contribution in [2.24, 2.45) is 0 Å². The molecule has 1 aromatic heterocycles. The standard InChI is InChI=1S/C18H21N3/c1-12-5-6-15-10-16(8-7-14(15)9-12)17-11-19-18(20-17)13(2)21(3)4/h5-11,13H,1-4H3,(H,19,20). The Bertz CT molecular complexity index is 771. The molecule has 21 heavy (non-hydrogen) atoms. The predicted molar refractivity (Wildman–Crippen MR) is 88.4 cm³/mol. The lowest BCUT2D eigenvalue weighted by Gasteiger charge is -2.16. The van der Waals surface area contributed by atoms with E-state index < -0.39 is 0 Å². The number of nitrogens with zero attached hydrogens (tertiary/aromatic N) is 2. The van der Waals surface area contributed by atoms with Crippen LogP contribution < -0.4 is 0 Å². The number of hydrogen-bond donors (Lipinski definition) is 1. The van der Waals surface area contributed by atoms with Crippen LogP contribution in [-0.4, -0.2) is 29.0 Å². The highest BCUT2D eigenvalue weighted by atomic mass is 15.1. The molecule has 3 nitrogen and oxygen atoms in total. The molecular weight excluding hydrogens is 258 g/mol. The second kappa shape index (κ2) is 5.34. The number of benzene rings is 2. The molecule has 0 fully saturated rings. The van der Waals surface area contributed by atoms with Gasteiger partial charge in [-0.05, 0) is 44.8 Å². The summed E-state index contributed by atoms with van der Waals surface area (Å²) in [5.74, 6) is 0.999. The molecule has 0 amide bonds. The largest absolute Gasteiger partial charge is 0.341 e. The second-order valence-electron chi connectivity index (χ2n) is 5.89. The van der Waals surface area contributed by atoms with Gasteiger partial charge in [-0.3, -0.25) is 4.90 Å². The van der Waals surface area contributed by atoms with Crippen LogP contribution in [0.3, 0.4) is 0 Å². The normalized spacial score (nSPS) is 13.0. The number of imidazole rings is 1. The lowest BCUT2D eigenvalue weighted by Crippen LogP contribution is -2.17. The zero-order valence-electron chi connectivity index (χ0n) is 13.0. The topological polar surface area (TPSA) is 31.9 Å². The molecule has 3 rings (SSSR count). The Kier molecular flexibility index (Phi) is 3.52. The van der Waals surface area contributed by atoms with Gasteiger partial charge >= 0.3 is 0 Å². The van der Waals surface area contributed by atoms with Crippen molar-refractivity contribution in [2.75, 3.05) is 14.1 Å². The molecule has 108 valence electrons. The van der Waals surface area contributed by atoms with E-state index in [4.69, 9.17) is 0 Å². The third kappa shape index (κ3) is 2.69. The molecule has 1 heterocycles. The molecule has 3 heteroatoms.